The lowest BCUT2D eigenvalue weighted by molar-refractivity contribution is -0.121. The minimum absolute atomic E-state index is 0.0293. The van der Waals surface area contributed by atoms with Crippen LogP contribution in [0.3, 0.4) is 0 Å². The normalized spacial score (nSPS) is 10.9. The van der Waals surface area contributed by atoms with Crippen molar-refractivity contribution < 1.29 is 14.3 Å². The van der Waals surface area contributed by atoms with Crippen molar-refractivity contribution in [1.82, 2.24) is 20.2 Å². The van der Waals surface area contributed by atoms with E-state index in [1.165, 1.54) is 12.5 Å². The number of hydrogen-bond acceptors (Lipinski definition) is 7. The minimum atomic E-state index is -0.704. The molecule has 0 fully saturated rings. The molecule has 10 heteroatoms. The summed E-state index contributed by atoms with van der Waals surface area (Å²) in [5, 5.41) is 13.0. The van der Waals surface area contributed by atoms with Crippen LogP contribution in [0.2, 0.25) is 0 Å². The molecule has 0 bridgehead atoms. The molecule has 0 saturated heterocycles. The highest BCUT2D eigenvalue weighted by atomic mass is 16.6. The van der Waals surface area contributed by atoms with Gasteiger partial charge in [0.05, 0.1) is 12.5 Å². The van der Waals surface area contributed by atoms with Gasteiger partial charge >= 0.3 is 6.09 Å². The number of amidine groups is 1. The molecule has 2 amide bonds. The molecule has 154 valence electrons. The van der Waals surface area contributed by atoms with E-state index in [1.807, 2.05) is 0 Å². The number of anilines is 1. The maximum absolute atomic E-state index is 12.0. The molecule has 2 rings (SSSR count). The number of nitrogen functional groups attached to an aromatic ring is 1. The Balaban J connectivity index is 1.88. The zero-order valence-corrected chi connectivity index (χ0v) is 16.5. The lowest BCUT2D eigenvalue weighted by Gasteiger charge is -2.19. The van der Waals surface area contributed by atoms with Gasteiger partial charge in [-0.25, -0.2) is 9.78 Å². The Morgan fingerprint density at radius 3 is 2.52 bits per heavy atom. The molecule has 0 aliphatic rings. The summed E-state index contributed by atoms with van der Waals surface area (Å²) in [5.74, 6) is -0.466. The lowest BCUT2D eigenvalue weighted by atomic mass is 10.1. The molecule has 0 atom stereocenters. The average Bonchev–Trinajstić information content (AvgIpc) is 2.62. The van der Waals surface area contributed by atoms with Gasteiger partial charge in [-0.2, -0.15) is 0 Å². The molecule has 0 aliphatic heterocycles. The number of hydrogen-bond donors (Lipinski definition) is 4. The van der Waals surface area contributed by atoms with Crippen molar-refractivity contribution in [1.29, 1.82) is 5.41 Å². The van der Waals surface area contributed by atoms with Crippen LogP contribution in [0.5, 0.6) is 0 Å². The second kappa shape index (κ2) is 9.00. The number of aromatic nitrogens is 2. The highest BCUT2D eigenvalue weighted by Crippen LogP contribution is 2.08. The number of ether oxygens (including phenoxy) is 1. The maximum Gasteiger partial charge on any atom is 0.413 e. The van der Waals surface area contributed by atoms with Gasteiger partial charge in [0.2, 0.25) is 5.91 Å². The van der Waals surface area contributed by atoms with Gasteiger partial charge in [-0.15, -0.1) is 0 Å². The van der Waals surface area contributed by atoms with Crippen LogP contribution in [0.1, 0.15) is 31.9 Å². The Bertz CT molecular complexity index is 960. The van der Waals surface area contributed by atoms with E-state index >= 15 is 0 Å². The van der Waals surface area contributed by atoms with Crippen LogP contribution >= 0.6 is 0 Å². The average molecular weight is 400 g/mol. The van der Waals surface area contributed by atoms with E-state index in [-0.39, 0.29) is 30.5 Å². The Hall–Kier alpha value is -3.69. The van der Waals surface area contributed by atoms with Crippen molar-refractivity contribution in [3.8, 4) is 0 Å². The number of carbonyl (C=O) groups is 2. The first-order valence-electron chi connectivity index (χ1n) is 8.79. The molecule has 0 saturated carbocycles. The van der Waals surface area contributed by atoms with Crippen LogP contribution in [0.4, 0.5) is 10.5 Å². The standard InChI is InChI=1S/C19H24N6O4/c1-19(2,3)29-18(28)24-16(21)13-6-4-12(5-7-13)8-23-15(26)10-25-11-22-9-14(20)17(25)27/h4-7,9,11H,8,10,20H2,1-3H3,(H,23,26)(H2,21,24,28). The molecule has 10 nitrogen and oxygen atoms in total. The minimum Gasteiger partial charge on any atom is -0.444 e. The summed E-state index contributed by atoms with van der Waals surface area (Å²) in [4.78, 5) is 39.3. The van der Waals surface area contributed by atoms with Crippen LogP contribution in [0.15, 0.2) is 41.6 Å². The predicted molar refractivity (Wildman–Crippen MR) is 107 cm³/mol. The highest BCUT2D eigenvalue weighted by Gasteiger charge is 2.17. The maximum atomic E-state index is 12.0. The Morgan fingerprint density at radius 2 is 1.90 bits per heavy atom. The number of rotatable bonds is 5. The van der Waals surface area contributed by atoms with E-state index < -0.39 is 17.3 Å². The second-order valence-electron chi connectivity index (χ2n) is 7.26. The molecular weight excluding hydrogens is 376 g/mol. The molecule has 5 N–H and O–H groups in total. The zero-order valence-electron chi connectivity index (χ0n) is 16.5. The van der Waals surface area contributed by atoms with Gasteiger partial charge in [-0.05, 0) is 26.3 Å². The molecule has 1 heterocycles. The van der Waals surface area contributed by atoms with E-state index in [4.69, 9.17) is 15.9 Å². The van der Waals surface area contributed by atoms with Crippen molar-refractivity contribution in [3.05, 3.63) is 58.3 Å². The van der Waals surface area contributed by atoms with E-state index in [9.17, 15) is 14.4 Å². The predicted octanol–water partition coefficient (Wildman–Crippen LogP) is 0.992. The van der Waals surface area contributed by atoms with Gasteiger partial charge in [0, 0.05) is 12.1 Å². The van der Waals surface area contributed by atoms with Crippen molar-refractivity contribution in [2.75, 3.05) is 5.73 Å². The van der Waals surface area contributed by atoms with E-state index in [2.05, 4.69) is 15.6 Å². The largest absolute Gasteiger partial charge is 0.444 e. The number of benzene rings is 1. The summed E-state index contributed by atoms with van der Waals surface area (Å²) in [5.41, 5.74) is 5.59. The Labute approximate surface area is 167 Å². The van der Waals surface area contributed by atoms with E-state index in [1.54, 1.807) is 45.0 Å². The van der Waals surface area contributed by atoms with Crippen molar-refractivity contribution in [3.63, 3.8) is 0 Å². The number of carbonyl (C=O) groups excluding carboxylic acids is 2. The van der Waals surface area contributed by atoms with Crippen LogP contribution in [-0.2, 0) is 22.6 Å². The molecule has 2 aromatic rings. The Kier molecular flexibility index (Phi) is 6.71. The summed E-state index contributed by atoms with van der Waals surface area (Å²) in [6, 6.07) is 6.73. The second-order valence-corrected chi connectivity index (χ2v) is 7.26. The van der Waals surface area contributed by atoms with Crippen LogP contribution in [0, 0.1) is 5.41 Å². The number of nitrogens with two attached hydrogens (primary N) is 1. The fourth-order valence-corrected chi connectivity index (χ4v) is 2.26. The summed E-state index contributed by atoms with van der Waals surface area (Å²) in [7, 11) is 0. The molecule has 0 aliphatic carbocycles. The quantitative estimate of drug-likeness (QED) is 0.434. The molecule has 0 radical (unpaired) electrons. The first kappa shape index (κ1) is 21.6. The van der Waals surface area contributed by atoms with Crippen molar-refractivity contribution in [2.45, 2.75) is 39.5 Å². The summed E-state index contributed by atoms with van der Waals surface area (Å²) >= 11 is 0. The van der Waals surface area contributed by atoms with Gasteiger partial charge in [-0.3, -0.25) is 24.9 Å². The SMILES string of the molecule is CC(C)(C)OC(=O)NC(=N)c1ccc(CNC(=O)Cn2cncc(N)c2=O)cc1. The van der Waals surface area contributed by atoms with Crippen LogP contribution < -0.4 is 21.9 Å². The topological polar surface area (TPSA) is 152 Å². The van der Waals surface area contributed by atoms with Crippen LogP contribution in [0.25, 0.3) is 0 Å². The van der Waals surface area contributed by atoms with E-state index in [0.29, 0.717) is 5.56 Å². The first-order valence-corrected chi connectivity index (χ1v) is 8.79. The fourth-order valence-electron chi connectivity index (χ4n) is 2.26. The van der Waals surface area contributed by atoms with Gasteiger partial charge in [0.25, 0.3) is 5.56 Å². The van der Waals surface area contributed by atoms with Gasteiger partial charge in [0.15, 0.2) is 0 Å². The lowest BCUT2D eigenvalue weighted by Crippen LogP contribution is -2.36. The summed E-state index contributed by atoms with van der Waals surface area (Å²) in [6.07, 6.45) is 1.77. The third kappa shape index (κ3) is 6.76. The molecule has 29 heavy (non-hydrogen) atoms. The summed E-state index contributed by atoms with van der Waals surface area (Å²) in [6.45, 7) is 5.24. The summed E-state index contributed by atoms with van der Waals surface area (Å²) < 4.78 is 6.23. The third-order valence-electron chi connectivity index (χ3n) is 3.60. The zero-order chi connectivity index (χ0) is 21.6. The number of alkyl carbamates (subject to hydrolysis) is 1. The van der Waals surface area contributed by atoms with Crippen LogP contribution in [-0.4, -0.2) is 33.0 Å². The number of nitrogens with one attached hydrogen (secondary N) is 3. The number of nitrogens with zero attached hydrogens (tertiary/aromatic N) is 2. The fraction of sp³-hybridized carbons (Fsp3) is 0.316. The molecule has 0 spiro atoms. The monoisotopic (exact) mass is 400 g/mol. The third-order valence-corrected chi connectivity index (χ3v) is 3.60. The van der Waals surface area contributed by atoms with Gasteiger partial charge in [0.1, 0.15) is 23.7 Å². The van der Waals surface area contributed by atoms with Gasteiger partial charge < -0.3 is 15.8 Å². The highest BCUT2D eigenvalue weighted by molar-refractivity contribution is 6.04. The smallest absolute Gasteiger partial charge is 0.413 e. The molecular formula is C19H24N6O4. The van der Waals surface area contributed by atoms with Crippen molar-refractivity contribution in [2.24, 2.45) is 0 Å². The first-order chi connectivity index (χ1) is 13.5. The molecule has 1 aromatic carbocycles. The van der Waals surface area contributed by atoms with Crippen molar-refractivity contribution >= 4 is 23.5 Å². The van der Waals surface area contributed by atoms with E-state index in [0.717, 1.165) is 10.1 Å². The number of amides is 2. The molecule has 1 aromatic heterocycles. The Morgan fingerprint density at radius 1 is 1.24 bits per heavy atom. The van der Waals surface area contributed by atoms with Gasteiger partial charge in [-0.1, -0.05) is 24.3 Å². The molecule has 0 unspecified atom stereocenters.